The summed E-state index contributed by atoms with van der Waals surface area (Å²) in [6, 6.07) is 6.93. The number of hydrogen-bond donors (Lipinski definition) is 1. The highest BCUT2D eigenvalue weighted by atomic mass is 32.2. The zero-order valence-electron chi connectivity index (χ0n) is 9.46. The van der Waals surface area contributed by atoms with Gasteiger partial charge in [0.1, 0.15) is 0 Å². The summed E-state index contributed by atoms with van der Waals surface area (Å²) in [4.78, 5) is 12.9. The molecule has 0 amide bonds. The first-order chi connectivity index (χ1) is 8.15. The molecule has 1 aliphatic rings. The van der Waals surface area contributed by atoms with E-state index in [0.717, 1.165) is 36.7 Å². The van der Waals surface area contributed by atoms with Crippen molar-refractivity contribution in [2.75, 3.05) is 24.6 Å². The lowest BCUT2D eigenvalue weighted by Crippen LogP contribution is -2.37. The van der Waals surface area contributed by atoms with Gasteiger partial charge in [-0.1, -0.05) is 12.1 Å². The maximum Gasteiger partial charge on any atom is 0.335 e. The summed E-state index contributed by atoms with van der Waals surface area (Å²) in [5.74, 6) is 0.588. The van der Waals surface area contributed by atoms with Gasteiger partial charge in [-0.05, 0) is 17.7 Å². The first kappa shape index (κ1) is 12.3. The summed E-state index contributed by atoms with van der Waals surface area (Å²) >= 11 is 0. The van der Waals surface area contributed by atoms with Gasteiger partial charge < -0.3 is 5.11 Å². The van der Waals surface area contributed by atoms with Crippen LogP contribution in [0.1, 0.15) is 15.9 Å². The molecule has 1 N–H and O–H groups in total. The Morgan fingerprint density at radius 3 is 2.35 bits per heavy atom. The maximum atomic E-state index is 11.2. The van der Waals surface area contributed by atoms with Gasteiger partial charge in [-0.3, -0.25) is 9.11 Å². The molecule has 0 radical (unpaired) electrons. The van der Waals surface area contributed by atoms with E-state index in [2.05, 4.69) is 4.90 Å². The fourth-order valence-corrected chi connectivity index (χ4v) is 2.97. The van der Waals surface area contributed by atoms with Crippen molar-refractivity contribution in [3.63, 3.8) is 0 Å². The van der Waals surface area contributed by atoms with Crippen LogP contribution in [-0.4, -0.2) is 44.8 Å². The van der Waals surface area contributed by atoms with Gasteiger partial charge in [-0.25, -0.2) is 4.79 Å². The van der Waals surface area contributed by atoms with E-state index in [-0.39, 0.29) is 0 Å². The van der Waals surface area contributed by atoms with Crippen molar-refractivity contribution in [2.24, 2.45) is 0 Å². The van der Waals surface area contributed by atoms with Crippen LogP contribution in [0.15, 0.2) is 24.3 Å². The van der Waals surface area contributed by atoms with Gasteiger partial charge >= 0.3 is 5.97 Å². The van der Waals surface area contributed by atoms with Crippen LogP contribution < -0.4 is 0 Å². The monoisotopic (exact) mass is 253 g/mol. The zero-order chi connectivity index (χ0) is 12.3. The highest BCUT2D eigenvalue weighted by Gasteiger charge is 2.15. The maximum absolute atomic E-state index is 11.2. The lowest BCUT2D eigenvalue weighted by Gasteiger charge is -2.26. The second kappa shape index (κ2) is 5.42. The lowest BCUT2D eigenvalue weighted by atomic mass is 10.1. The molecule has 0 atom stereocenters. The number of nitrogens with zero attached hydrogens (tertiary/aromatic N) is 1. The van der Waals surface area contributed by atoms with E-state index in [1.54, 1.807) is 12.1 Å². The molecule has 0 bridgehead atoms. The third-order valence-electron chi connectivity index (χ3n) is 2.88. The van der Waals surface area contributed by atoms with E-state index in [9.17, 15) is 9.00 Å². The highest BCUT2D eigenvalue weighted by Crippen LogP contribution is 2.09. The molecule has 17 heavy (non-hydrogen) atoms. The van der Waals surface area contributed by atoms with Gasteiger partial charge in [0.15, 0.2) is 0 Å². The quantitative estimate of drug-likeness (QED) is 0.871. The SMILES string of the molecule is O=C(O)c1ccc(CN2CCS(=O)CC2)cc1. The molecule has 1 heterocycles. The van der Waals surface area contributed by atoms with Crippen LogP contribution in [-0.2, 0) is 17.3 Å². The molecule has 0 aromatic heterocycles. The van der Waals surface area contributed by atoms with E-state index in [1.165, 1.54) is 0 Å². The Labute approximate surface area is 103 Å². The van der Waals surface area contributed by atoms with Gasteiger partial charge in [0.05, 0.1) is 5.56 Å². The van der Waals surface area contributed by atoms with Crippen molar-refractivity contribution >= 4 is 16.8 Å². The molecule has 1 fully saturated rings. The first-order valence-electron chi connectivity index (χ1n) is 5.55. The van der Waals surface area contributed by atoms with Crippen molar-refractivity contribution < 1.29 is 14.1 Å². The first-order valence-corrected chi connectivity index (χ1v) is 7.03. The average molecular weight is 253 g/mol. The molecule has 0 unspecified atom stereocenters. The Morgan fingerprint density at radius 1 is 1.24 bits per heavy atom. The molecule has 92 valence electrons. The Bertz CT molecular complexity index is 420. The average Bonchev–Trinajstić information content (AvgIpc) is 2.33. The van der Waals surface area contributed by atoms with Crippen LogP contribution in [0.2, 0.25) is 0 Å². The van der Waals surface area contributed by atoms with E-state index >= 15 is 0 Å². The molecule has 4 nitrogen and oxygen atoms in total. The summed E-state index contributed by atoms with van der Waals surface area (Å²) in [5, 5.41) is 8.78. The van der Waals surface area contributed by atoms with Crippen molar-refractivity contribution in [1.82, 2.24) is 4.90 Å². The molecular formula is C12H15NO3S. The summed E-state index contributed by atoms with van der Waals surface area (Å²) in [6.07, 6.45) is 0. The van der Waals surface area contributed by atoms with Gasteiger partial charge in [0.25, 0.3) is 0 Å². The lowest BCUT2D eigenvalue weighted by molar-refractivity contribution is 0.0697. The van der Waals surface area contributed by atoms with Crippen molar-refractivity contribution in [3.05, 3.63) is 35.4 Å². The molecule has 1 aromatic rings. The molecule has 1 aliphatic heterocycles. The molecule has 5 heteroatoms. The number of hydrogen-bond acceptors (Lipinski definition) is 3. The van der Waals surface area contributed by atoms with Crippen LogP contribution in [0.25, 0.3) is 0 Å². The Balaban J connectivity index is 1.95. The fourth-order valence-electron chi connectivity index (χ4n) is 1.84. The van der Waals surface area contributed by atoms with Gasteiger partial charge in [0.2, 0.25) is 0 Å². The molecule has 1 aromatic carbocycles. The van der Waals surface area contributed by atoms with Crippen LogP contribution in [0.5, 0.6) is 0 Å². The minimum absolute atomic E-state index is 0.313. The minimum atomic E-state index is -0.898. The Kier molecular flexibility index (Phi) is 3.91. The van der Waals surface area contributed by atoms with Crippen LogP contribution >= 0.6 is 0 Å². The predicted molar refractivity (Wildman–Crippen MR) is 66.6 cm³/mol. The van der Waals surface area contributed by atoms with Gasteiger partial charge in [-0.15, -0.1) is 0 Å². The number of carbonyl (C=O) groups is 1. The second-order valence-corrected chi connectivity index (χ2v) is 5.82. The van der Waals surface area contributed by atoms with Gasteiger partial charge in [-0.2, -0.15) is 0 Å². The smallest absolute Gasteiger partial charge is 0.335 e. The standard InChI is InChI=1S/C12H15NO3S/c14-12(15)11-3-1-10(2-4-11)9-13-5-7-17(16)8-6-13/h1-4H,5-9H2,(H,14,15). The number of carboxylic acid groups (broad SMARTS) is 1. The molecule has 0 aliphatic carbocycles. The number of benzene rings is 1. The zero-order valence-corrected chi connectivity index (χ0v) is 10.3. The topological polar surface area (TPSA) is 57.6 Å². The fraction of sp³-hybridized carbons (Fsp3) is 0.417. The number of carboxylic acids is 1. The second-order valence-electron chi connectivity index (χ2n) is 4.13. The third kappa shape index (κ3) is 3.38. The van der Waals surface area contributed by atoms with E-state index in [0.29, 0.717) is 5.56 Å². The van der Waals surface area contributed by atoms with Crippen molar-refractivity contribution in [1.29, 1.82) is 0 Å². The third-order valence-corrected chi connectivity index (χ3v) is 4.15. The minimum Gasteiger partial charge on any atom is -0.478 e. The Morgan fingerprint density at radius 2 is 1.82 bits per heavy atom. The van der Waals surface area contributed by atoms with Crippen LogP contribution in [0, 0.1) is 0 Å². The van der Waals surface area contributed by atoms with E-state index in [1.807, 2.05) is 12.1 Å². The molecule has 0 saturated carbocycles. The summed E-state index contributed by atoms with van der Waals surface area (Å²) in [5.41, 5.74) is 1.41. The molecular weight excluding hydrogens is 238 g/mol. The van der Waals surface area contributed by atoms with Crippen LogP contribution in [0.3, 0.4) is 0 Å². The summed E-state index contributed by atoms with van der Waals surface area (Å²) in [7, 11) is -0.648. The number of aromatic carboxylic acids is 1. The van der Waals surface area contributed by atoms with Crippen molar-refractivity contribution in [2.45, 2.75) is 6.54 Å². The Hall–Kier alpha value is -1.20. The van der Waals surface area contributed by atoms with Crippen molar-refractivity contribution in [3.8, 4) is 0 Å². The largest absolute Gasteiger partial charge is 0.478 e. The summed E-state index contributed by atoms with van der Waals surface area (Å²) in [6.45, 7) is 2.51. The van der Waals surface area contributed by atoms with E-state index < -0.39 is 16.8 Å². The molecule has 2 rings (SSSR count). The van der Waals surface area contributed by atoms with E-state index in [4.69, 9.17) is 5.11 Å². The predicted octanol–water partition coefficient (Wildman–Crippen LogP) is 0.949. The molecule has 1 saturated heterocycles. The number of rotatable bonds is 3. The normalized spacial score (nSPS) is 18.1. The highest BCUT2D eigenvalue weighted by molar-refractivity contribution is 7.85. The van der Waals surface area contributed by atoms with Crippen LogP contribution in [0.4, 0.5) is 0 Å². The summed E-state index contributed by atoms with van der Waals surface area (Å²) < 4.78 is 11.2. The molecule has 0 spiro atoms. The van der Waals surface area contributed by atoms with Gasteiger partial charge in [0, 0.05) is 41.9 Å².